The molecule has 21 heavy (non-hydrogen) atoms. The van der Waals surface area contributed by atoms with E-state index in [9.17, 15) is 14.4 Å². The topological polar surface area (TPSA) is 54.5 Å². The maximum Gasteiger partial charge on any atom is 0.237 e. The number of ketones is 2. The second-order valence-electron chi connectivity index (χ2n) is 5.84. The Bertz CT molecular complexity index is 626. The summed E-state index contributed by atoms with van der Waals surface area (Å²) < 4.78 is 1.03. The largest absolute Gasteiger partial charge is 0.314 e. The van der Waals surface area contributed by atoms with E-state index in [1.807, 2.05) is 25.1 Å². The van der Waals surface area contributed by atoms with Crippen LogP contribution in [0.3, 0.4) is 0 Å². The predicted octanol–water partition coefficient (Wildman–Crippen LogP) is 2.71. The van der Waals surface area contributed by atoms with E-state index >= 15 is 0 Å². The van der Waals surface area contributed by atoms with E-state index < -0.39 is 11.3 Å². The van der Waals surface area contributed by atoms with Gasteiger partial charge in [0.1, 0.15) is 11.6 Å². The molecule has 112 valence electrons. The Hall–Kier alpha value is -1.24. The van der Waals surface area contributed by atoms with E-state index in [0.29, 0.717) is 0 Å². The van der Waals surface area contributed by atoms with Crippen molar-refractivity contribution < 1.29 is 14.4 Å². The van der Waals surface area contributed by atoms with Gasteiger partial charge in [0.2, 0.25) is 5.91 Å². The normalized spacial score (nSPS) is 20.9. The highest BCUT2D eigenvalue weighted by atomic mass is 127. The molecule has 0 radical (unpaired) electrons. The Kier molecular flexibility index (Phi) is 4.24. The molecule has 1 atom stereocenters. The van der Waals surface area contributed by atoms with Crippen LogP contribution in [-0.4, -0.2) is 24.5 Å². The van der Waals surface area contributed by atoms with Crippen molar-refractivity contribution in [2.75, 3.05) is 11.9 Å². The molecule has 1 aliphatic rings. The van der Waals surface area contributed by atoms with Crippen LogP contribution in [0.25, 0.3) is 0 Å². The third-order valence-electron chi connectivity index (χ3n) is 4.28. The van der Waals surface area contributed by atoms with Crippen LogP contribution in [-0.2, 0) is 19.8 Å². The van der Waals surface area contributed by atoms with Crippen LogP contribution in [0.4, 0.5) is 5.69 Å². The van der Waals surface area contributed by atoms with Crippen LogP contribution in [0.1, 0.15) is 32.8 Å². The number of fused-ring (bicyclic) bond motifs is 1. The average Bonchev–Trinajstić information content (AvgIpc) is 2.58. The highest BCUT2D eigenvalue weighted by molar-refractivity contribution is 14.1. The maximum atomic E-state index is 12.7. The third-order valence-corrected chi connectivity index (χ3v) is 4.96. The highest BCUT2D eigenvalue weighted by Crippen LogP contribution is 2.45. The number of nitrogens with zero attached hydrogens (tertiary/aromatic N) is 1. The van der Waals surface area contributed by atoms with Gasteiger partial charge in [-0.1, -0.05) is 0 Å². The number of Topliss-reactive ketones (excluding diaryl/α,β-unsaturated/α-hetero) is 2. The van der Waals surface area contributed by atoms with Crippen molar-refractivity contribution in [2.24, 2.45) is 5.92 Å². The molecule has 4 nitrogen and oxygen atoms in total. The number of hydrogen-bond acceptors (Lipinski definition) is 3. The number of likely N-dealkylation sites (N-methyl/N-ethyl adjacent to an activating group) is 1. The Morgan fingerprint density at radius 1 is 1.29 bits per heavy atom. The zero-order chi connectivity index (χ0) is 15.9. The van der Waals surface area contributed by atoms with E-state index in [1.54, 1.807) is 11.9 Å². The molecule has 1 aromatic carbocycles. The standard InChI is InChI=1S/C16H18INO3/c1-9(19)12(10(2)20)8-16(3)13-7-11(17)5-6-14(13)18(4)15(16)21/h5-7,12H,8H2,1-4H3/t16-/m0/s1. The summed E-state index contributed by atoms with van der Waals surface area (Å²) in [4.78, 5) is 37.8. The lowest BCUT2D eigenvalue weighted by Gasteiger charge is -2.26. The monoisotopic (exact) mass is 399 g/mol. The smallest absolute Gasteiger partial charge is 0.237 e. The molecular formula is C16H18INO3. The fraction of sp³-hybridized carbons (Fsp3) is 0.438. The zero-order valence-corrected chi connectivity index (χ0v) is 14.7. The van der Waals surface area contributed by atoms with E-state index in [2.05, 4.69) is 22.6 Å². The van der Waals surface area contributed by atoms with E-state index in [-0.39, 0.29) is 23.9 Å². The van der Waals surface area contributed by atoms with Crippen molar-refractivity contribution in [1.82, 2.24) is 0 Å². The summed E-state index contributed by atoms with van der Waals surface area (Å²) in [6.45, 7) is 4.65. The van der Waals surface area contributed by atoms with Crippen LogP contribution in [0, 0.1) is 9.49 Å². The van der Waals surface area contributed by atoms with Gasteiger partial charge >= 0.3 is 0 Å². The molecule has 0 spiro atoms. The number of rotatable bonds is 4. The molecule has 5 heteroatoms. The molecule has 0 bridgehead atoms. The fourth-order valence-electron chi connectivity index (χ4n) is 3.02. The minimum absolute atomic E-state index is 0.0630. The highest BCUT2D eigenvalue weighted by Gasteiger charge is 2.48. The lowest BCUT2D eigenvalue weighted by Crippen LogP contribution is -2.40. The van der Waals surface area contributed by atoms with Gasteiger partial charge in [0.15, 0.2) is 0 Å². The van der Waals surface area contributed by atoms with Crippen molar-refractivity contribution in [3.8, 4) is 0 Å². The third kappa shape index (κ3) is 2.63. The first-order valence-corrected chi connectivity index (χ1v) is 7.85. The van der Waals surface area contributed by atoms with E-state index in [0.717, 1.165) is 14.8 Å². The average molecular weight is 399 g/mol. The van der Waals surface area contributed by atoms with Crippen LogP contribution < -0.4 is 4.90 Å². The molecule has 0 saturated heterocycles. The van der Waals surface area contributed by atoms with Gasteiger partial charge in [0.25, 0.3) is 0 Å². The minimum Gasteiger partial charge on any atom is -0.314 e. The minimum atomic E-state index is -0.826. The van der Waals surface area contributed by atoms with Crippen molar-refractivity contribution in [3.63, 3.8) is 0 Å². The summed E-state index contributed by atoms with van der Waals surface area (Å²) in [6.07, 6.45) is 0.230. The Morgan fingerprint density at radius 2 is 1.86 bits per heavy atom. The van der Waals surface area contributed by atoms with Gasteiger partial charge in [0.05, 0.1) is 11.3 Å². The molecule has 1 amide bonds. The van der Waals surface area contributed by atoms with Crippen LogP contribution >= 0.6 is 22.6 Å². The van der Waals surface area contributed by atoms with E-state index in [1.165, 1.54) is 13.8 Å². The lowest BCUT2D eigenvalue weighted by molar-refractivity contribution is -0.132. The number of carbonyl (C=O) groups is 3. The second kappa shape index (κ2) is 5.51. The SMILES string of the molecule is CC(=O)C(C[C@]1(C)C(=O)N(C)c2ccc(I)cc21)C(C)=O. The Morgan fingerprint density at radius 3 is 2.38 bits per heavy atom. The summed E-state index contributed by atoms with van der Waals surface area (Å²) in [5.41, 5.74) is 0.927. The van der Waals surface area contributed by atoms with Gasteiger partial charge in [-0.15, -0.1) is 0 Å². The molecule has 0 unspecified atom stereocenters. The van der Waals surface area contributed by atoms with Gasteiger partial charge in [0, 0.05) is 16.3 Å². The van der Waals surface area contributed by atoms with Gasteiger partial charge in [-0.25, -0.2) is 0 Å². The van der Waals surface area contributed by atoms with Gasteiger partial charge < -0.3 is 4.90 Å². The summed E-state index contributed by atoms with van der Waals surface area (Å²) in [5, 5.41) is 0. The quantitative estimate of drug-likeness (QED) is 0.578. The summed E-state index contributed by atoms with van der Waals surface area (Å²) in [7, 11) is 1.73. The van der Waals surface area contributed by atoms with Crippen LogP contribution in [0.5, 0.6) is 0 Å². The zero-order valence-electron chi connectivity index (χ0n) is 12.6. The molecule has 0 fully saturated rings. The molecule has 0 saturated carbocycles. The van der Waals surface area contributed by atoms with E-state index in [4.69, 9.17) is 0 Å². The summed E-state index contributed by atoms with van der Waals surface area (Å²) >= 11 is 2.20. The molecule has 1 aliphatic heterocycles. The molecular weight excluding hydrogens is 381 g/mol. The maximum absolute atomic E-state index is 12.7. The van der Waals surface area contributed by atoms with Gasteiger partial charge in [-0.3, -0.25) is 14.4 Å². The Labute approximate surface area is 138 Å². The molecule has 0 N–H and O–H groups in total. The van der Waals surface area contributed by atoms with Crippen molar-refractivity contribution in [2.45, 2.75) is 32.6 Å². The number of hydrogen-bond donors (Lipinski definition) is 0. The number of halogens is 1. The van der Waals surface area contributed by atoms with Crippen molar-refractivity contribution >= 4 is 45.8 Å². The molecule has 1 aromatic rings. The first kappa shape index (κ1) is 16.1. The summed E-state index contributed by atoms with van der Waals surface area (Å²) in [5.74, 6) is -1.15. The number of benzene rings is 1. The van der Waals surface area contributed by atoms with Crippen LogP contribution in [0.15, 0.2) is 18.2 Å². The Balaban J connectivity index is 2.52. The van der Waals surface area contributed by atoms with Crippen LogP contribution in [0.2, 0.25) is 0 Å². The van der Waals surface area contributed by atoms with Gasteiger partial charge in [-0.05, 0) is 73.5 Å². The predicted molar refractivity (Wildman–Crippen MR) is 89.4 cm³/mol. The number of carbonyl (C=O) groups excluding carboxylic acids is 3. The molecule has 0 aromatic heterocycles. The first-order chi connectivity index (χ1) is 9.68. The second-order valence-corrected chi connectivity index (χ2v) is 7.08. The number of amides is 1. The van der Waals surface area contributed by atoms with Gasteiger partial charge in [-0.2, -0.15) is 0 Å². The lowest BCUT2D eigenvalue weighted by atomic mass is 9.74. The summed E-state index contributed by atoms with van der Waals surface area (Å²) in [6, 6.07) is 5.83. The first-order valence-electron chi connectivity index (χ1n) is 6.77. The van der Waals surface area contributed by atoms with Crippen molar-refractivity contribution in [3.05, 3.63) is 27.3 Å². The molecule has 0 aliphatic carbocycles. The van der Waals surface area contributed by atoms with Crippen molar-refractivity contribution in [1.29, 1.82) is 0 Å². The molecule has 2 rings (SSSR count). The molecule has 1 heterocycles. The number of anilines is 1. The fourth-order valence-corrected chi connectivity index (χ4v) is 3.51.